The van der Waals surface area contributed by atoms with Crippen molar-refractivity contribution in [3.63, 3.8) is 0 Å². The zero-order valence-electron chi connectivity index (χ0n) is 14.6. The molecule has 0 N–H and O–H groups in total. The van der Waals surface area contributed by atoms with E-state index in [1.54, 1.807) is 24.3 Å². The molecule has 0 aliphatic carbocycles. The molecule has 6 heteroatoms. The van der Waals surface area contributed by atoms with Gasteiger partial charge in [-0.1, -0.05) is 12.1 Å². The summed E-state index contributed by atoms with van der Waals surface area (Å²) in [6, 6.07) is 15.2. The van der Waals surface area contributed by atoms with Crippen molar-refractivity contribution >= 4 is 11.0 Å². The van der Waals surface area contributed by atoms with E-state index in [9.17, 15) is 0 Å². The minimum Gasteiger partial charge on any atom is -0.334 e. The van der Waals surface area contributed by atoms with Crippen LogP contribution in [0.15, 0.2) is 47.0 Å². The average Bonchev–Trinajstić information content (AvgIpc) is 3.31. The molecule has 128 valence electrons. The smallest absolute Gasteiger partial charge is 0.258 e. The Morgan fingerprint density at radius 3 is 2.50 bits per heavy atom. The van der Waals surface area contributed by atoms with Crippen LogP contribution in [-0.4, -0.2) is 19.7 Å². The van der Waals surface area contributed by atoms with Gasteiger partial charge in [-0.15, -0.1) is 0 Å². The molecule has 2 heterocycles. The van der Waals surface area contributed by atoms with Gasteiger partial charge in [0.05, 0.1) is 22.7 Å². The summed E-state index contributed by atoms with van der Waals surface area (Å²) in [5.74, 6) is 2.04. The molecule has 0 saturated carbocycles. The standard InChI is InChI=1S/C20H17N5O/c1-3-18-22-16-10-9-15(11-17(16)25(18)4-2)19-23-20(26-24-19)14-7-5-13(12-21)6-8-14/h5-11H,3-4H2,1-2H3. The van der Waals surface area contributed by atoms with Crippen molar-refractivity contribution in [3.05, 3.63) is 53.9 Å². The summed E-state index contributed by atoms with van der Waals surface area (Å²) in [6.07, 6.45) is 0.892. The monoisotopic (exact) mass is 343 g/mol. The molecule has 0 fully saturated rings. The lowest BCUT2D eigenvalue weighted by Crippen LogP contribution is -1.99. The van der Waals surface area contributed by atoms with Crippen LogP contribution in [0.5, 0.6) is 0 Å². The van der Waals surface area contributed by atoms with E-state index < -0.39 is 0 Å². The maximum absolute atomic E-state index is 8.89. The van der Waals surface area contributed by atoms with Crippen molar-refractivity contribution in [1.29, 1.82) is 5.26 Å². The molecule has 4 aromatic rings. The molecule has 0 unspecified atom stereocenters. The van der Waals surface area contributed by atoms with Gasteiger partial charge in [-0.05, 0) is 49.4 Å². The van der Waals surface area contributed by atoms with E-state index in [0.29, 0.717) is 17.3 Å². The van der Waals surface area contributed by atoms with Gasteiger partial charge in [0.2, 0.25) is 5.82 Å². The Kier molecular flexibility index (Phi) is 3.98. The Balaban J connectivity index is 1.74. The number of rotatable bonds is 4. The summed E-state index contributed by atoms with van der Waals surface area (Å²) in [5.41, 5.74) is 4.32. The molecule has 4 rings (SSSR count). The van der Waals surface area contributed by atoms with E-state index in [2.05, 4.69) is 45.7 Å². The first kappa shape index (κ1) is 16.0. The highest BCUT2D eigenvalue weighted by atomic mass is 16.5. The largest absolute Gasteiger partial charge is 0.334 e. The first-order valence-corrected chi connectivity index (χ1v) is 8.57. The van der Waals surface area contributed by atoms with Gasteiger partial charge in [-0.2, -0.15) is 10.2 Å². The highest BCUT2D eigenvalue weighted by Crippen LogP contribution is 2.26. The van der Waals surface area contributed by atoms with E-state index in [4.69, 9.17) is 9.78 Å². The lowest BCUT2D eigenvalue weighted by atomic mass is 10.1. The molecular formula is C20H17N5O. The molecule has 2 aromatic heterocycles. The number of imidazole rings is 1. The van der Waals surface area contributed by atoms with E-state index >= 15 is 0 Å². The van der Waals surface area contributed by atoms with E-state index in [1.807, 2.05) is 12.1 Å². The molecule has 0 radical (unpaired) electrons. The fourth-order valence-corrected chi connectivity index (χ4v) is 3.08. The number of fused-ring (bicyclic) bond motifs is 1. The van der Waals surface area contributed by atoms with Gasteiger partial charge >= 0.3 is 0 Å². The van der Waals surface area contributed by atoms with Gasteiger partial charge in [0.15, 0.2) is 0 Å². The SMILES string of the molecule is CCc1nc2ccc(-c3noc(-c4ccc(C#N)cc4)n3)cc2n1CC. The van der Waals surface area contributed by atoms with Crippen LogP contribution in [0.2, 0.25) is 0 Å². The predicted octanol–water partition coefficient (Wildman–Crippen LogP) is 4.21. The molecule has 0 atom stereocenters. The summed E-state index contributed by atoms with van der Waals surface area (Å²) in [4.78, 5) is 9.18. The highest BCUT2D eigenvalue weighted by molar-refractivity contribution is 5.81. The van der Waals surface area contributed by atoms with Crippen LogP contribution < -0.4 is 0 Å². The third-order valence-electron chi connectivity index (χ3n) is 4.40. The third-order valence-corrected chi connectivity index (χ3v) is 4.40. The first-order chi connectivity index (χ1) is 12.7. The second kappa shape index (κ2) is 6.45. The topological polar surface area (TPSA) is 80.5 Å². The normalized spacial score (nSPS) is 11.0. The number of nitriles is 1. The molecule has 0 bridgehead atoms. The van der Waals surface area contributed by atoms with E-state index in [0.717, 1.165) is 41.0 Å². The van der Waals surface area contributed by atoms with Crippen molar-refractivity contribution in [2.24, 2.45) is 0 Å². The fraction of sp³-hybridized carbons (Fsp3) is 0.200. The van der Waals surface area contributed by atoms with Crippen molar-refractivity contribution in [2.75, 3.05) is 0 Å². The van der Waals surface area contributed by atoms with Gasteiger partial charge in [0.1, 0.15) is 5.82 Å². The quantitative estimate of drug-likeness (QED) is 0.554. The number of hydrogen-bond donors (Lipinski definition) is 0. The van der Waals surface area contributed by atoms with Crippen molar-refractivity contribution in [3.8, 4) is 28.9 Å². The second-order valence-electron chi connectivity index (χ2n) is 5.94. The molecule has 6 nitrogen and oxygen atoms in total. The molecule has 0 amide bonds. The molecule has 0 spiro atoms. The van der Waals surface area contributed by atoms with Gasteiger partial charge in [0, 0.05) is 24.1 Å². The molecule has 0 aliphatic rings. The van der Waals surface area contributed by atoms with E-state index in [1.165, 1.54) is 0 Å². The number of benzene rings is 2. The first-order valence-electron chi connectivity index (χ1n) is 8.57. The number of hydrogen-bond acceptors (Lipinski definition) is 5. The van der Waals surface area contributed by atoms with Gasteiger partial charge in [-0.3, -0.25) is 0 Å². The Morgan fingerprint density at radius 1 is 1.04 bits per heavy atom. The van der Waals surface area contributed by atoms with Gasteiger partial charge < -0.3 is 9.09 Å². The van der Waals surface area contributed by atoms with Gasteiger partial charge in [-0.25, -0.2) is 4.98 Å². The minimum absolute atomic E-state index is 0.433. The molecule has 2 aromatic carbocycles. The van der Waals surface area contributed by atoms with Crippen LogP contribution in [0.1, 0.15) is 25.2 Å². The summed E-state index contributed by atoms with van der Waals surface area (Å²) in [6.45, 7) is 5.09. The summed E-state index contributed by atoms with van der Waals surface area (Å²) in [5, 5.41) is 13.0. The Hall–Kier alpha value is -3.46. The van der Waals surface area contributed by atoms with Crippen LogP contribution in [0.3, 0.4) is 0 Å². The number of nitrogens with zero attached hydrogens (tertiary/aromatic N) is 5. The molecule has 0 aliphatic heterocycles. The summed E-state index contributed by atoms with van der Waals surface area (Å²) >= 11 is 0. The second-order valence-corrected chi connectivity index (χ2v) is 5.94. The van der Waals surface area contributed by atoms with Crippen molar-refractivity contribution < 1.29 is 4.52 Å². The summed E-state index contributed by atoms with van der Waals surface area (Å²) < 4.78 is 7.62. The van der Waals surface area contributed by atoms with Crippen LogP contribution in [-0.2, 0) is 13.0 Å². The zero-order valence-corrected chi connectivity index (χ0v) is 14.6. The molecular weight excluding hydrogens is 326 g/mol. The van der Waals surface area contributed by atoms with Crippen LogP contribution >= 0.6 is 0 Å². The number of aryl methyl sites for hydroxylation is 2. The maximum Gasteiger partial charge on any atom is 0.258 e. The van der Waals surface area contributed by atoms with Crippen LogP contribution in [0.25, 0.3) is 33.9 Å². The van der Waals surface area contributed by atoms with Crippen LogP contribution in [0.4, 0.5) is 0 Å². The van der Waals surface area contributed by atoms with E-state index in [-0.39, 0.29) is 0 Å². The maximum atomic E-state index is 8.89. The predicted molar refractivity (Wildman–Crippen MR) is 98.2 cm³/mol. The Labute approximate surface area is 150 Å². The Morgan fingerprint density at radius 2 is 1.81 bits per heavy atom. The van der Waals surface area contributed by atoms with Crippen LogP contribution in [0, 0.1) is 11.3 Å². The van der Waals surface area contributed by atoms with Crippen molar-refractivity contribution in [2.45, 2.75) is 26.8 Å². The molecule has 26 heavy (non-hydrogen) atoms. The minimum atomic E-state index is 0.433. The number of aromatic nitrogens is 4. The fourth-order valence-electron chi connectivity index (χ4n) is 3.08. The average molecular weight is 343 g/mol. The van der Waals surface area contributed by atoms with Gasteiger partial charge in [0.25, 0.3) is 5.89 Å². The molecule has 0 saturated heterocycles. The Bertz CT molecular complexity index is 1120. The third kappa shape index (κ3) is 2.64. The summed E-state index contributed by atoms with van der Waals surface area (Å²) in [7, 11) is 0. The zero-order chi connectivity index (χ0) is 18.1. The highest BCUT2D eigenvalue weighted by Gasteiger charge is 2.14. The lowest BCUT2D eigenvalue weighted by molar-refractivity contribution is 0.432. The van der Waals surface area contributed by atoms with Crippen molar-refractivity contribution in [1.82, 2.24) is 19.7 Å². The lowest BCUT2D eigenvalue weighted by Gasteiger charge is -2.04.